The maximum atomic E-state index is 5.95. The number of aromatic nitrogens is 2. The van der Waals surface area contributed by atoms with Gasteiger partial charge in [0.05, 0.1) is 5.69 Å². The number of rotatable bonds is 3. The first kappa shape index (κ1) is 13.6. The Morgan fingerprint density at radius 2 is 2.19 bits per heavy atom. The van der Waals surface area contributed by atoms with Crippen LogP contribution in [0.5, 0.6) is 0 Å². The van der Waals surface area contributed by atoms with Crippen molar-refractivity contribution in [2.75, 3.05) is 19.6 Å². The number of hydrogen-bond acceptors (Lipinski definition) is 4. The SMILES string of the molecule is Cl.NCC1CCN(Cc2nccnc2Cl)C1. The van der Waals surface area contributed by atoms with Crippen molar-refractivity contribution in [3.63, 3.8) is 0 Å². The highest BCUT2D eigenvalue weighted by Crippen LogP contribution is 2.19. The first-order chi connectivity index (χ1) is 7.29. The summed E-state index contributed by atoms with van der Waals surface area (Å²) in [6.07, 6.45) is 4.46. The van der Waals surface area contributed by atoms with E-state index in [1.165, 1.54) is 6.42 Å². The zero-order chi connectivity index (χ0) is 10.7. The molecule has 0 aliphatic carbocycles. The highest BCUT2D eigenvalue weighted by molar-refractivity contribution is 6.29. The number of nitrogens with two attached hydrogens (primary N) is 1. The van der Waals surface area contributed by atoms with Crippen molar-refractivity contribution >= 4 is 24.0 Å². The molecule has 2 heterocycles. The Kier molecular flexibility index (Phi) is 5.41. The molecule has 16 heavy (non-hydrogen) atoms. The third-order valence-electron chi connectivity index (χ3n) is 2.80. The van der Waals surface area contributed by atoms with Crippen LogP contribution < -0.4 is 5.73 Å². The van der Waals surface area contributed by atoms with Crippen LogP contribution in [0, 0.1) is 5.92 Å². The molecule has 0 radical (unpaired) electrons. The van der Waals surface area contributed by atoms with Gasteiger partial charge in [0.25, 0.3) is 0 Å². The number of hydrogen-bond donors (Lipinski definition) is 1. The summed E-state index contributed by atoms with van der Waals surface area (Å²) >= 11 is 5.95. The van der Waals surface area contributed by atoms with Crippen LogP contribution >= 0.6 is 24.0 Å². The fourth-order valence-corrected chi connectivity index (χ4v) is 2.08. The molecule has 1 aliphatic heterocycles. The molecule has 2 rings (SSSR count). The van der Waals surface area contributed by atoms with Crippen molar-refractivity contribution in [2.45, 2.75) is 13.0 Å². The molecule has 1 aromatic rings. The zero-order valence-electron chi connectivity index (χ0n) is 8.97. The quantitative estimate of drug-likeness (QED) is 0.894. The largest absolute Gasteiger partial charge is 0.330 e. The first-order valence-electron chi connectivity index (χ1n) is 5.17. The third kappa shape index (κ3) is 3.28. The summed E-state index contributed by atoms with van der Waals surface area (Å²) in [5, 5.41) is 0.508. The van der Waals surface area contributed by atoms with E-state index >= 15 is 0 Å². The predicted octanol–water partition coefficient (Wildman–Crippen LogP) is 1.33. The van der Waals surface area contributed by atoms with Crippen LogP contribution in [-0.4, -0.2) is 34.5 Å². The van der Waals surface area contributed by atoms with Gasteiger partial charge in [-0.3, -0.25) is 9.88 Å². The lowest BCUT2D eigenvalue weighted by atomic mass is 10.1. The van der Waals surface area contributed by atoms with Crippen LogP contribution in [0.2, 0.25) is 5.15 Å². The lowest BCUT2D eigenvalue weighted by Gasteiger charge is -2.15. The molecule has 0 aromatic carbocycles. The second-order valence-electron chi connectivity index (χ2n) is 3.92. The summed E-state index contributed by atoms with van der Waals surface area (Å²) in [5.41, 5.74) is 6.50. The fourth-order valence-electron chi connectivity index (χ4n) is 1.92. The lowest BCUT2D eigenvalue weighted by Crippen LogP contribution is -2.23. The van der Waals surface area contributed by atoms with E-state index in [0.29, 0.717) is 11.1 Å². The van der Waals surface area contributed by atoms with Gasteiger partial charge >= 0.3 is 0 Å². The molecule has 0 amide bonds. The minimum Gasteiger partial charge on any atom is -0.330 e. The van der Waals surface area contributed by atoms with E-state index in [9.17, 15) is 0 Å². The van der Waals surface area contributed by atoms with Crippen molar-refractivity contribution < 1.29 is 0 Å². The molecule has 6 heteroatoms. The van der Waals surface area contributed by atoms with Crippen LogP contribution in [0.1, 0.15) is 12.1 Å². The molecule has 1 atom stereocenters. The number of likely N-dealkylation sites (tertiary alicyclic amines) is 1. The van der Waals surface area contributed by atoms with Crippen LogP contribution in [0.25, 0.3) is 0 Å². The molecular weight excluding hydrogens is 247 g/mol. The topological polar surface area (TPSA) is 55.0 Å². The molecule has 2 N–H and O–H groups in total. The summed E-state index contributed by atoms with van der Waals surface area (Å²) in [7, 11) is 0. The number of halogens is 2. The molecule has 0 bridgehead atoms. The van der Waals surface area contributed by atoms with E-state index in [2.05, 4.69) is 14.9 Å². The molecular formula is C10H16Cl2N4. The minimum absolute atomic E-state index is 0. The predicted molar refractivity (Wildman–Crippen MR) is 66.7 cm³/mol. The summed E-state index contributed by atoms with van der Waals surface area (Å²) in [4.78, 5) is 10.6. The maximum Gasteiger partial charge on any atom is 0.151 e. The maximum absolute atomic E-state index is 5.95. The minimum atomic E-state index is 0. The monoisotopic (exact) mass is 262 g/mol. The van der Waals surface area contributed by atoms with Gasteiger partial charge in [-0.25, -0.2) is 4.98 Å². The van der Waals surface area contributed by atoms with Gasteiger partial charge in [0.1, 0.15) is 0 Å². The van der Waals surface area contributed by atoms with Gasteiger partial charge in [-0.1, -0.05) is 11.6 Å². The summed E-state index contributed by atoms with van der Waals surface area (Å²) in [6.45, 7) is 3.67. The Labute approximate surface area is 107 Å². The number of nitrogens with zero attached hydrogens (tertiary/aromatic N) is 3. The fraction of sp³-hybridized carbons (Fsp3) is 0.600. The van der Waals surface area contributed by atoms with Gasteiger partial charge in [-0.05, 0) is 25.4 Å². The van der Waals surface area contributed by atoms with Crippen molar-refractivity contribution in [3.8, 4) is 0 Å². The highest BCUT2D eigenvalue weighted by Gasteiger charge is 2.22. The molecule has 0 saturated carbocycles. The van der Waals surface area contributed by atoms with Crippen molar-refractivity contribution in [3.05, 3.63) is 23.2 Å². The van der Waals surface area contributed by atoms with Gasteiger partial charge in [0, 0.05) is 25.5 Å². The summed E-state index contributed by atoms with van der Waals surface area (Å²) in [5.74, 6) is 0.625. The zero-order valence-corrected chi connectivity index (χ0v) is 10.5. The van der Waals surface area contributed by atoms with E-state index in [0.717, 1.165) is 31.9 Å². The molecule has 1 saturated heterocycles. The molecule has 4 nitrogen and oxygen atoms in total. The van der Waals surface area contributed by atoms with E-state index in [4.69, 9.17) is 17.3 Å². The molecule has 1 aliphatic rings. The average molecular weight is 263 g/mol. The Morgan fingerprint density at radius 3 is 2.81 bits per heavy atom. The van der Waals surface area contributed by atoms with Gasteiger partial charge in [0.15, 0.2) is 5.15 Å². The molecule has 1 fully saturated rings. The Hall–Kier alpha value is -0.420. The average Bonchev–Trinajstić information content (AvgIpc) is 2.69. The lowest BCUT2D eigenvalue weighted by molar-refractivity contribution is 0.313. The second kappa shape index (κ2) is 6.35. The summed E-state index contributed by atoms with van der Waals surface area (Å²) in [6, 6.07) is 0. The van der Waals surface area contributed by atoms with Gasteiger partial charge in [-0.15, -0.1) is 12.4 Å². The van der Waals surface area contributed by atoms with Gasteiger partial charge in [0.2, 0.25) is 0 Å². The Morgan fingerprint density at radius 1 is 1.44 bits per heavy atom. The molecule has 0 spiro atoms. The molecule has 1 unspecified atom stereocenters. The van der Waals surface area contributed by atoms with Crippen molar-refractivity contribution in [1.29, 1.82) is 0 Å². The Balaban J connectivity index is 0.00000128. The highest BCUT2D eigenvalue weighted by atomic mass is 35.5. The van der Waals surface area contributed by atoms with Crippen LogP contribution in [0.15, 0.2) is 12.4 Å². The van der Waals surface area contributed by atoms with Crippen molar-refractivity contribution in [1.82, 2.24) is 14.9 Å². The van der Waals surface area contributed by atoms with E-state index < -0.39 is 0 Å². The molecule has 1 aromatic heterocycles. The van der Waals surface area contributed by atoms with E-state index in [-0.39, 0.29) is 12.4 Å². The third-order valence-corrected chi connectivity index (χ3v) is 3.12. The van der Waals surface area contributed by atoms with Gasteiger partial charge in [-0.2, -0.15) is 0 Å². The van der Waals surface area contributed by atoms with Gasteiger partial charge < -0.3 is 5.73 Å². The normalized spacial score (nSPS) is 20.8. The molecule has 90 valence electrons. The first-order valence-corrected chi connectivity index (χ1v) is 5.55. The van der Waals surface area contributed by atoms with E-state index in [1.807, 2.05) is 0 Å². The van der Waals surface area contributed by atoms with E-state index in [1.54, 1.807) is 12.4 Å². The van der Waals surface area contributed by atoms with Crippen LogP contribution in [0.3, 0.4) is 0 Å². The smallest absolute Gasteiger partial charge is 0.151 e. The standard InChI is InChI=1S/C10H15ClN4.ClH/c11-10-9(13-2-3-14-10)7-15-4-1-8(5-12)6-15;/h2-3,8H,1,4-7,12H2;1H. The van der Waals surface area contributed by atoms with Crippen LogP contribution in [0.4, 0.5) is 0 Å². The van der Waals surface area contributed by atoms with Crippen LogP contribution in [-0.2, 0) is 6.54 Å². The Bertz CT molecular complexity index is 334. The summed E-state index contributed by atoms with van der Waals surface area (Å²) < 4.78 is 0. The van der Waals surface area contributed by atoms with Crippen molar-refractivity contribution in [2.24, 2.45) is 11.7 Å². The second-order valence-corrected chi connectivity index (χ2v) is 4.28.